The second-order valence-corrected chi connectivity index (χ2v) is 4.21. The van der Waals surface area contributed by atoms with Crippen molar-refractivity contribution < 1.29 is 19.6 Å². The highest BCUT2D eigenvalue weighted by Crippen LogP contribution is 2.35. The standard InChI is InChI=1S/C13H13N3O5/c1-15(2)13(18)9(7-14)4-8-5-10(16(19)20)6-11(21-3)12(8)17/h4-6,17H,1-3H3. The van der Waals surface area contributed by atoms with Crippen molar-refractivity contribution in [1.29, 1.82) is 5.26 Å². The Morgan fingerprint density at radius 2 is 2.14 bits per heavy atom. The van der Waals surface area contributed by atoms with Crippen molar-refractivity contribution in [2.75, 3.05) is 21.2 Å². The molecule has 0 atom stereocenters. The summed E-state index contributed by atoms with van der Waals surface area (Å²) in [5.74, 6) is -1.09. The summed E-state index contributed by atoms with van der Waals surface area (Å²) < 4.78 is 4.84. The molecule has 21 heavy (non-hydrogen) atoms. The van der Waals surface area contributed by atoms with Crippen molar-refractivity contribution in [3.63, 3.8) is 0 Å². The van der Waals surface area contributed by atoms with Gasteiger partial charge in [-0.3, -0.25) is 14.9 Å². The van der Waals surface area contributed by atoms with Crippen LogP contribution < -0.4 is 4.74 Å². The van der Waals surface area contributed by atoms with Gasteiger partial charge in [0.25, 0.3) is 11.6 Å². The van der Waals surface area contributed by atoms with Crippen LogP contribution in [0, 0.1) is 21.4 Å². The smallest absolute Gasteiger partial charge is 0.274 e. The molecule has 0 saturated carbocycles. The van der Waals surface area contributed by atoms with Crippen LogP contribution in [0.25, 0.3) is 6.08 Å². The molecule has 0 aliphatic rings. The van der Waals surface area contributed by atoms with E-state index in [1.165, 1.54) is 26.1 Å². The Bertz CT molecular complexity index is 659. The lowest BCUT2D eigenvalue weighted by Crippen LogP contribution is -2.22. The van der Waals surface area contributed by atoms with E-state index in [4.69, 9.17) is 10.00 Å². The highest BCUT2D eigenvalue weighted by Gasteiger charge is 2.18. The Kier molecular flexibility index (Phi) is 4.86. The highest BCUT2D eigenvalue weighted by atomic mass is 16.6. The van der Waals surface area contributed by atoms with Gasteiger partial charge in [-0.1, -0.05) is 0 Å². The zero-order chi connectivity index (χ0) is 16.2. The zero-order valence-corrected chi connectivity index (χ0v) is 11.7. The number of aromatic hydroxyl groups is 1. The summed E-state index contributed by atoms with van der Waals surface area (Å²) in [6.45, 7) is 0. The monoisotopic (exact) mass is 291 g/mol. The van der Waals surface area contributed by atoms with Crippen LogP contribution in [0.5, 0.6) is 11.5 Å². The molecule has 0 heterocycles. The van der Waals surface area contributed by atoms with Gasteiger partial charge >= 0.3 is 0 Å². The number of nitrogens with zero attached hydrogens (tertiary/aromatic N) is 3. The number of carbonyl (C=O) groups excluding carboxylic acids is 1. The van der Waals surface area contributed by atoms with Gasteiger partial charge in [0.1, 0.15) is 11.6 Å². The number of amides is 1. The molecule has 110 valence electrons. The molecule has 1 aromatic carbocycles. The number of ether oxygens (including phenoxy) is 1. The maximum atomic E-state index is 11.8. The van der Waals surface area contributed by atoms with E-state index in [9.17, 15) is 20.0 Å². The molecule has 0 saturated heterocycles. The topological polar surface area (TPSA) is 117 Å². The first kappa shape index (κ1) is 16.0. The maximum absolute atomic E-state index is 11.8. The van der Waals surface area contributed by atoms with Gasteiger partial charge in [-0.2, -0.15) is 5.26 Å². The lowest BCUT2D eigenvalue weighted by molar-refractivity contribution is -0.385. The Balaban J connectivity index is 3.48. The number of methoxy groups -OCH3 is 1. The van der Waals surface area contributed by atoms with Crippen molar-refractivity contribution in [3.05, 3.63) is 33.4 Å². The van der Waals surface area contributed by atoms with Gasteiger partial charge in [-0.15, -0.1) is 0 Å². The third kappa shape index (κ3) is 3.48. The molecular weight excluding hydrogens is 278 g/mol. The van der Waals surface area contributed by atoms with Crippen LogP contribution in [0.15, 0.2) is 17.7 Å². The van der Waals surface area contributed by atoms with Gasteiger partial charge in [-0.25, -0.2) is 0 Å². The number of nitro benzene ring substituents is 1. The summed E-state index contributed by atoms with van der Waals surface area (Å²) in [6.07, 6.45) is 1.08. The van der Waals surface area contributed by atoms with E-state index < -0.39 is 10.8 Å². The van der Waals surface area contributed by atoms with E-state index in [1.807, 2.05) is 0 Å². The molecule has 0 spiro atoms. The first-order valence-corrected chi connectivity index (χ1v) is 5.70. The normalized spacial score (nSPS) is 10.7. The molecule has 0 aliphatic heterocycles. The molecule has 1 N–H and O–H groups in total. The predicted molar refractivity (Wildman–Crippen MR) is 73.6 cm³/mol. The SMILES string of the molecule is COc1cc([N+](=O)[O-])cc(C=C(C#N)C(=O)N(C)C)c1O. The largest absolute Gasteiger partial charge is 0.504 e. The van der Waals surface area contributed by atoms with Crippen LogP contribution in [-0.4, -0.2) is 42.0 Å². The van der Waals surface area contributed by atoms with E-state index in [2.05, 4.69) is 0 Å². The fourth-order valence-electron chi connectivity index (χ4n) is 1.52. The van der Waals surface area contributed by atoms with Crippen molar-refractivity contribution in [2.24, 2.45) is 0 Å². The van der Waals surface area contributed by atoms with E-state index in [-0.39, 0.29) is 28.3 Å². The summed E-state index contributed by atoms with van der Waals surface area (Å²) in [7, 11) is 4.16. The molecule has 8 nitrogen and oxygen atoms in total. The maximum Gasteiger partial charge on any atom is 0.274 e. The number of rotatable bonds is 4. The van der Waals surface area contributed by atoms with Crippen LogP contribution >= 0.6 is 0 Å². The molecular formula is C13H13N3O5. The second kappa shape index (κ2) is 6.38. The Labute approximate surface area is 120 Å². The number of likely N-dealkylation sites (N-methyl/N-ethyl adjacent to an activating group) is 1. The Morgan fingerprint density at radius 1 is 1.52 bits per heavy atom. The minimum absolute atomic E-state index is 0.0483. The van der Waals surface area contributed by atoms with Crippen LogP contribution in [0.3, 0.4) is 0 Å². The number of hydrogen-bond donors (Lipinski definition) is 1. The van der Waals surface area contributed by atoms with Gasteiger partial charge in [0.2, 0.25) is 0 Å². The summed E-state index contributed by atoms with van der Waals surface area (Å²) in [6, 6.07) is 3.79. The van der Waals surface area contributed by atoms with Crippen molar-refractivity contribution in [1.82, 2.24) is 4.90 Å². The summed E-state index contributed by atoms with van der Waals surface area (Å²) in [4.78, 5) is 23.1. The minimum Gasteiger partial charge on any atom is -0.504 e. The molecule has 0 radical (unpaired) electrons. The van der Waals surface area contributed by atoms with Crippen molar-refractivity contribution in [3.8, 4) is 17.6 Å². The molecule has 8 heteroatoms. The van der Waals surface area contributed by atoms with Gasteiger partial charge in [0.15, 0.2) is 11.5 Å². The molecule has 0 unspecified atom stereocenters. The molecule has 1 aromatic rings. The van der Waals surface area contributed by atoms with Gasteiger partial charge in [-0.05, 0) is 6.08 Å². The fourth-order valence-corrected chi connectivity index (χ4v) is 1.52. The lowest BCUT2D eigenvalue weighted by atomic mass is 10.1. The average molecular weight is 291 g/mol. The van der Waals surface area contributed by atoms with Gasteiger partial charge < -0.3 is 14.7 Å². The summed E-state index contributed by atoms with van der Waals surface area (Å²) in [5, 5.41) is 29.8. The number of nitro groups is 1. The number of phenolic OH excluding ortho intramolecular Hbond substituents is 1. The van der Waals surface area contributed by atoms with Gasteiger partial charge in [0.05, 0.1) is 18.1 Å². The van der Waals surface area contributed by atoms with Crippen LogP contribution in [0.4, 0.5) is 5.69 Å². The van der Waals surface area contributed by atoms with E-state index in [1.54, 1.807) is 6.07 Å². The van der Waals surface area contributed by atoms with Crippen molar-refractivity contribution in [2.45, 2.75) is 0 Å². The number of benzene rings is 1. The Morgan fingerprint density at radius 3 is 2.57 bits per heavy atom. The lowest BCUT2D eigenvalue weighted by Gasteiger charge is -2.10. The first-order chi connectivity index (χ1) is 9.81. The van der Waals surface area contributed by atoms with Crippen molar-refractivity contribution >= 4 is 17.7 Å². The number of hydrogen-bond acceptors (Lipinski definition) is 6. The van der Waals surface area contributed by atoms with E-state index in [0.717, 1.165) is 18.2 Å². The molecule has 0 aromatic heterocycles. The van der Waals surface area contributed by atoms with Gasteiger partial charge in [0, 0.05) is 25.7 Å². The summed E-state index contributed by atoms with van der Waals surface area (Å²) >= 11 is 0. The number of phenols is 1. The quantitative estimate of drug-likeness (QED) is 0.387. The number of carbonyl (C=O) groups is 1. The van der Waals surface area contributed by atoms with Crippen LogP contribution in [-0.2, 0) is 4.79 Å². The average Bonchev–Trinajstić information content (AvgIpc) is 2.45. The van der Waals surface area contributed by atoms with E-state index >= 15 is 0 Å². The van der Waals surface area contributed by atoms with Crippen LogP contribution in [0.2, 0.25) is 0 Å². The minimum atomic E-state index is -0.668. The molecule has 0 fully saturated rings. The predicted octanol–water partition coefficient (Wildman–Crippen LogP) is 1.30. The summed E-state index contributed by atoms with van der Waals surface area (Å²) in [5.41, 5.74) is -0.642. The van der Waals surface area contributed by atoms with E-state index in [0.29, 0.717) is 0 Å². The number of nitriles is 1. The second-order valence-electron chi connectivity index (χ2n) is 4.21. The third-order valence-electron chi connectivity index (χ3n) is 2.58. The molecule has 1 amide bonds. The molecule has 1 rings (SSSR count). The molecule has 0 aliphatic carbocycles. The fraction of sp³-hybridized carbons (Fsp3) is 0.231. The van der Waals surface area contributed by atoms with Crippen LogP contribution in [0.1, 0.15) is 5.56 Å². The molecule has 0 bridgehead atoms. The first-order valence-electron chi connectivity index (χ1n) is 5.70. The zero-order valence-electron chi connectivity index (χ0n) is 11.7. The number of non-ortho nitro benzene ring substituents is 1. The third-order valence-corrected chi connectivity index (χ3v) is 2.58. The highest BCUT2D eigenvalue weighted by molar-refractivity contribution is 6.01. The Hall–Kier alpha value is -3.08.